The summed E-state index contributed by atoms with van der Waals surface area (Å²) in [6.45, 7) is 11.8. The van der Waals surface area contributed by atoms with Gasteiger partial charge in [-0.1, -0.05) is 41.5 Å². The summed E-state index contributed by atoms with van der Waals surface area (Å²) in [5.41, 5.74) is -0.808. The third-order valence-electron chi connectivity index (χ3n) is 5.48. The molecule has 2 unspecified atom stereocenters. The van der Waals surface area contributed by atoms with Crippen molar-refractivity contribution in [3.63, 3.8) is 0 Å². The monoisotopic (exact) mass is 311 g/mol. The molecule has 0 aromatic heterocycles. The molecule has 0 radical (unpaired) electrons. The largest absolute Gasteiger partial charge is 0.480 e. The molecule has 0 spiro atoms. The number of likely N-dealkylation sites (tertiary alicyclic amines) is 1. The molecule has 2 atom stereocenters. The van der Waals surface area contributed by atoms with E-state index in [0.717, 1.165) is 6.42 Å². The van der Waals surface area contributed by atoms with E-state index in [1.807, 2.05) is 13.8 Å². The number of carboxylic acid groups (broad SMARTS) is 1. The van der Waals surface area contributed by atoms with Crippen LogP contribution in [0.4, 0.5) is 0 Å². The number of hydrogen-bond acceptors (Lipinski definition) is 3. The molecule has 1 N–H and O–H groups in total. The van der Waals surface area contributed by atoms with Gasteiger partial charge in [-0.2, -0.15) is 0 Å². The predicted octanol–water partition coefficient (Wildman–Crippen LogP) is 2.73. The fraction of sp³-hybridized carbons (Fsp3) is 0.824. The Morgan fingerprint density at radius 3 is 2.27 bits per heavy atom. The molecule has 1 fully saturated rings. The number of aliphatic carboxylic acids is 1. The van der Waals surface area contributed by atoms with Gasteiger partial charge in [-0.25, -0.2) is 4.79 Å². The van der Waals surface area contributed by atoms with E-state index in [9.17, 15) is 19.5 Å². The Morgan fingerprint density at radius 2 is 1.82 bits per heavy atom. The molecular weight excluding hydrogens is 282 g/mol. The summed E-state index contributed by atoms with van der Waals surface area (Å²) < 4.78 is 0. The van der Waals surface area contributed by atoms with Gasteiger partial charge >= 0.3 is 5.97 Å². The van der Waals surface area contributed by atoms with Crippen LogP contribution in [0.3, 0.4) is 0 Å². The van der Waals surface area contributed by atoms with E-state index in [1.54, 1.807) is 13.8 Å². The Labute approximate surface area is 133 Å². The Bertz CT molecular complexity index is 467. The van der Waals surface area contributed by atoms with Crippen molar-refractivity contribution in [3.8, 4) is 0 Å². The van der Waals surface area contributed by atoms with Crippen molar-refractivity contribution in [1.82, 2.24) is 4.90 Å². The summed E-state index contributed by atoms with van der Waals surface area (Å²) >= 11 is 0. The average molecular weight is 311 g/mol. The fourth-order valence-corrected chi connectivity index (χ4v) is 2.64. The molecule has 1 amide bonds. The summed E-state index contributed by atoms with van der Waals surface area (Å²) in [6.07, 6.45) is 1.66. The van der Waals surface area contributed by atoms with Gasteiger partial charge in [0.25, 0.3) is 5.91 Å². The molecule has 1 aliphatic heterocycles. The lowest BCUT2D eigenvalue weighted by Gasteiger charge is -2.33. The molecule has 0 aromatic carbocycles. The summed E-state index contributed by atoms with van der Waals surface area (Å²) in [5, 5.41) is 9.48. The summed E-state index contributed by atoms with van der Waals surface area (Å²) in [7, 11) is 0. The number of nitrogens with zero attached hydrogens (tertiary/aromatic N) is 1. The van der Waals surface area contributed by atoms with Crippen molar-refractivity contribution in [1.29, 1.82) is 0 Å². The quantitative estimate of drug-likeness (QED) is 0.810. The normalized spacial score (nSPS) is 25.5. The van der Waals surface area contributed by atoms with Gasteiger partial charge in [-0.05, 0) is 30.6 Å². The first-order valence-electron chi connectivity index (χ1n) is 8.02. The second kappa shape index (κ2) is 6.39. The van der Waals surface area contributed by atoms with Crippen molar-refractivity contribution in [3.05, 3.63) is 0 Å². The standard InChI is InChI=1S/C17H29NO4/c1-7-16(3,4)13(19)14(20)18-10-11(2)17(5,6)9-8-12(18)15(21)22/h11-12H,7-10H2,1-6H3,(H,21,22). The molecule has 1 saturated heterocycles. The first-order valence-corrected chi connectivity index (χ1v) is 8.02. The third kappa shape index (κ3) is 3.68. The lowest BCUT2D eigenvalue weighted by molar-refractivity contribution is -0.156. The van der Waals surface area contributed by atoms with Crippen LogP contribution in [0.25, 0.3) is 0 Å². The lowest BCUT2D eigenvalue weighted by atomic mass is 9.77. The van der Waals surface area contributed by atoms with Crippen molar-refractivity contribution >= 4 is 17.7 Å². The van der Waals surface area contributed by atoms with E-state index < -0.39 is 29.1 Å². The van der Waals surface area contributed by atoms with Crippen LogP contribution in [0, 0.1) is 16.7 Å². The highest BCUT2D eigenvalue weighted by atomic mass is 16.4. The second-order valence-corrected chi connectivity index (χ2v) is 7.81. The van der Waals surface area contributed by atoms with Crippen LogP contribution in [0.15, 0.2) is 0 Å². The minimum absolute atomic E-state index is 0.0496. The van der Waals surface area contributed by atoms with Gasteiger partial charge < -0.3 is 10.0 Å². The molecule has 22 heavy (non-hydrogen) atoms. The summed E-state index contributed by atoms with van der Waals surface area (Å²) in [6, 6.07) is -0.909. The number of ketones is 1. The maximum absolute atomic E-state index is 12.6. The number of carbonyl (C=O) groups is 3. The summed E-state index contributed by atoms with van der Waals surface area (Å²) in [5.74, 6) is -2.03. The van der Waals surface area contributed by atoms with Gasteiger partial charge in [0.2, 0.25) is 5.78 Å². The lowest BCUT2D eigenvalue weighted by Crippen LogP contribution is -2.51. The van der Waals surface area contributed by atoms with Crippen LogP contribution < -0.4 is 0 Å². The fourth-order valence-electron chi connectivity index (χ4n) is 2.64. The minimum atomic E-state index is -1.03. The summed E-state index contributed by atoms with van der Waals surface area (Å²) in [4.78, 5) is 38.0. The molecule has 0 aliphatic carbocycles. The van der Waals surface area contributed by atoms with Crippen molar-refractivity contribution in [2.75, 3.05) is 6.54 Å². The highest BCUT2D eigenvalue weighted by molar-refractivity contribution is 6.38. The zero-order valence-electron chi connectivity index (χ0n) is 14.6. The first-order chi connectivity index (χ1) is 9.94. The molecule has 1 heterocycles. The smallest absolute Gasteiger partial charge is 0.326 e. The highest BCUT2D eigenvalue weighted by Gasteiger charge is 2.43. The van der Waals surface area contributed by atoms with E-state index in [1.165, 1.54) is 4.90 Å². The van der Waals surface area contributed by atoms with Gasteiger partial charge in [-0.15, -0.1) is 0 Å². The number of carbonyl (C=O) groups excluding carboxylic acids is 2. The molecular formula is C17H29NO4. The topological polar surface area (TPSA) is 74.7 Å². The predicted molar refractivity (Wildman–Crippen MR) is 84.4 cm³/mol. The molecule has 0 aromatic rings. The Morgan fingerprint density at radius 1 is 1.27 bits per heavy atom. The SMILES string of the molecule is CCC(C)(C)C(=O)C(=O)N1CC(C)C(C)(C)CCC1C(=O)O. The average Bonchev–Trinajstić information content (AvgIpc) is 2.54. The van der Waals surface area contributed by atoms with Gasteiger partial charge in [0.15, 0.2) is 0 Å². The third-order valence-corrected chi connectivity index (χ3v) is 5.48. The zero-order valence-corrected chi connectivity index (χ0v) is 14.6. The van der Waals surface area contributed by atoms with E-state index >= 15 is 0 Å². The van der Waals surface area contributed by atoms with Crippen LogP contribution in [0.5, 0.6) is 0 Å². The van der Waals surface area contributed by atoms with Crippen LogP contribution in [0.1, 0.15) is 60.8 Å². The van der Waals surface area contributed by atoms with E-state index in [0.29, 0.717) is 19.4 Å². The van der Waals surface area contributed by atoms with E-state index in [-0.39, 0.29) is 11.3 Å². The molecule has 0 saturated carbocycles. The Hall–Kier alpha value is -1.39. The zero-order chi connectivity index (χ0) is 17.3. The molecule has 5 nitrogen and oxygen atoms in total. The molecule has 1 aliphatic rings. The number of hydrogen-bond donors (Lipinski definition) is 1. The Kier molecular flexibility index (Phi) is 5.42. The van der Waals surface area contributed by atoms with Gasteiger partial charge in [0, 0.05) is 12.0 Å². The van der Waals surface area contributed by atoms with Crippen molar-refractivity contribution in [2.24, 2.45) is 16.7 Å². The molecule has 5 heteroatoms. The van der Waals surface area contributed by atoms with E-state index in [2.05, 4.69) is 13.8 Å². The van der Waals surface area contributed by atoms with Crippen LogP contribution >= 0.6 is 0 Å². The van der Waals surface area contributed by atoms with Crippen molar-refractivity contribution < 1.29 is 19.5 Å². The van der Waals surface area contributed by atoms with Crippen molar-refractivity contribution in [2.45, 2.75) is 66.8 Å². The Balaban J connectivity index is 3.13. The second-order valence-electron chi connectivity index (χ2n) is 7.81. The number of amides is 1. The van der Waals surface area contributed by atoms with E-state index in [4.69, 9.17) is 0 Å². The van der Waals surface area contributed by atoms with Gasteiger partial charge in [0.1, 0.15) is 6.04 Å². The van der Waals surface area contributed by atoms with Gasteiger partial charge in [0.05, 0.1) is 0 Å². The van der Waals surface area contributed by atoms with Gasteiger partial charge in [-0.3, -0.25) is 9.59 Å². The number of rotatable bonds is 4. The number of Topliss-reactive ketones (excluding diaryl/α,β-unsaturated/α-hetero) is 1. The first kappa shape index (κ1) is 18.7. The maximum atomic E-state index is 12.6. The highest BCUT2D eigenvalue weighted by Crippen LogP contribution is 2.37. The molecule has 126 valence electrons. The van der Waals surface area contributed by atoms with Crippen LogP contribution in [-0.4, -0.2) is 40.3 Å². The molecule has 0 bridgehead atoms. The molecule has 1 rings (SSSR count). The van der Waals surface area contributed by atoms with Crippen LogP contribution in [-0.2, 0) is 14.4 Å². The number of carboxylic acids is 1. The maximum Gasteiger partial charge on any atom is 0.326 e. The minimum Gasteiger partial charge on any atom is -0.480 e. The van der Waals surface area contributed by atoms with Crippen LogP contribution in [0.2, 0.25) is 0 Å².